The van der Waals surface area contributed by atoms with Crippen molar-refractivity contribution in [3.05, 3.63) is 0 Å². The molecule has 0 aromatic heterocycles. The van der Waals surface area contributed by atoms with Crippen molar-refractivity contribution in [1.29, 1.82) is 0 Å². The largest absolute Gasteiger partial charge is 0.218 e. The molecule has 0 heterocycles. The lowest BCUT2D eigenvalue weighted by molar-refractivity contribution is 0.489. The van der Waals surface area contributed by atoms with Crippen LogP contribution in [0.3, 0.4) is 0 Å². The van der Waals surface area contributed by atoms with Crippen LogP contribution >= 0.6 is 0 Å². The van der Waals surface area contributed by atoms with E-state index in [-0.39, 0.29) is 10.7 Å². The fourth-order valence-corrected chi connectivity index (χ4v) is 3.90. The molecule has 0 aromatic rings. The van der Waals surface area contributed by atoms with E-state index in [1.807, 2.05) is 6.92 Å². The highest BCUT2D eigenvalue weighted by Gasteiger charge is 2.53. The van der Waals surface area contributed by atoms with Crippen molar-refractivity contribution in [1.82, 2.24) is 4.72 Å². The molecule has 0 saturated heterocycles. The van der Waals surface area contributed by atoms with E-state index in [1.165, 1.54) is 7.05 Å². The lowest BCUT2D eigenvalue weighted by Gasteiger charge is -2.17. The van der Waals surface area contributed by atoms with E-state index in [4.69, 9.17) is 0 Å². The predicted molar refractivity (Wildman–Crippen MR) is 58.6 cm³/mol. The SMILES string of the molecule is CCCC(C1CC1(C)C)S(=O)(=O)NC. The fourth-order valence-electron chi connectivity index (χ4n) is 2.15. The molecule has 1 aliphatic rings. The maximum atomic E-state index is 11.7. The smallest absolute Gasteiger partial charge is 0.214 e. The molecule has 84 valence electrons. The van der Waals surface area contributed by atoms with Gasteiger partial charge in [-0.15, -0.1) is 0 Å². The lowest BCUT2D eigenvalue weighted by Crippen LogP contribution is -2.34. The Morgan fingerprint density at radius 1 is 1.50 bits per heavy atom. The lowest BCUT2D eigenvalue weighted by atomic mass is 10.1. The monoisotopic (exact) mass is 219 g/mol. The third-order valence-electron chi connectivity index (χ3n) is 3.29. The molecule has 2 atom stereocenters. The van der Waals surface area contributed by atoms with Gasteiger partial charge in [0.2, 0.25) is 10.0 Å². The number of sulfonamides is 1. The van der Waals surface area contributed by atoms with Crippen LogP contribution in [0.2, 0.25) is 0 Å². The van der Waals surface area contributed by atoms with Gasteiger partial charge in [0.15, 0.2) is 0 Å². The third kappa shape index (κ3) is 2.28. The van der Waals surface area contributed by atoms with Gasteiger partial charge in [-0.25, -0.2) is 13.1 Å². The fraction of sp³-hybridized carbons (Fsp3) is 1.00. The molecule has 1 N–H and O–H groups in total. The minimum absolute atomic E-state index is 0.188. The van der Waals surface area contributed by atoms with E-state index in [0.717, 1.165) is 19.3 Å². The van der Waals surface area contributed by atoms with Crippen molar-refractivity contribution in [2.24, 2.45) is 11.3 Å². The van der Waals surface area contributed by atoms with Gasteiger partial charge in [-0.2, -0.15) is 0 Å². The van der Waals surface area contributed by atoms with E-state index < -0.39 is 10.0 Å². The number of hydrogen-bond acceptors (Lipinski definition) is 2. The maximum absolute atomic E-state index is 11.7. The number of hydrogen-bond donors (Lipinski definition) is 1. The third-order valence-corrected chi connectivity index (χ3v) is 5.23. The molecular formula is C10H21NO2S. The molecule has 4 heteroatoms. The van der Waals surface area contributed by atoms with Crippen molar-refractivity contribution in [3.63, 3.8) is 0 Å². The van der Waals surface area contributed by atoms with Crippen molar-refractivity contribution in [2.45, 2.75) is 45.3 Å². The van der Waals surface area contributed by atoms with Crippen LogP contribution in [0.15, 0.2) is 0 Å². The molecule has 0 radical (unpaired) electrons. The van der Waals surface area contributed by atoms with Gasteiger partial charge >= 0.3 is 0 Å². The molecule has 0 amide bonds. The Morgan fingerprint density at radius 2 is 2.00 bits per heavy atom. The summed E-state index contributed by atoms with van der Waals surface area (Å²) in [4.78, 5) is 0. The van der Waals surface area contributed by atoms with Gasteiger partial charge < -0.3 is 0 Å². The minimum atomic E-state index is -3.08. The topological polar surface area (TPSA) is 46.2 Å². The Kier molecular flexibility index (Phi) is 3.26. The van der Waals surface area contributed by atoms with Gasteiger partial charge in [0, 0.05) is 0 Å². The Labute approximate surface area is 87.3 Å². The molecular weight excluding hydrogens is 198 g/mol. The predicted octanol–water partition coefficient (Wildman–Crippen LogP) is 1.75. The zero-order valence-corrected chi connectivity index (χ0v) is 10.3. The summed E-state index contributed by atoms with van der Waals surface area (Å²) >= 11 is 0. The zero-order chi connectivity index (χ0) is 11.0. The first-order valence-electron chi connectivity index (χ1n) is 5.27. The van der Waals surface area contributed by atoms with Crippen molar-refractivity contribution in [2.75, 3.05) is 7.05 Å². The average Bonchev–Trinajstić information content (AvgIpc) is 2.70. The van der Waals surface area contributed by atoms with E-state index >= 15 is 0 Å². The standard InChI is InChI=1S/C10H21NO2S/c1-5-6-9(14(12,13)11-4)8-7-10(8,2)3/h8-9,11H,5-7H2,1-4H3. The Bertz CT molecular complexity index is 295. The van der Waals surface area contributed by atoms with Gasteiger partial charge in [-0.1, -0.05) is 27.2 Å². The molecule has 0 aromatic carbocycles. The molecule has 0 bridgehead atoms. The normalized spacial score (nSPS) is 27.3. The summed E-state index contributed by atoms with van der Waals surface area (Å²) in [6, 6.07) is 0. The maximum Gasteiger partial charge on any atom is 0.214 e. The van der Waals surface area contributed by atoms with E-state index in [0.29, 0.717) is 5.92 Å². The average molecular weight is 219 g/mol. The molecule has 14 heavy (non-hydrogen) atoms. The molecule has 1 saturated carbocycles. The summed E-state index contributed by atoms with van der Waals surface area (Å²) in [5.74, 6) is 0.347. The van der Waals surface area contributed by atoms with Crippen LogP contribution in [-0.4, -0.2) is 20.7 Å². The molecule has 3 nitrogen and oxygen atoms in total. The molecule has 1 fully saturated rings. The number of rotatable bonds is 5. The van der Waals surface area contributed by atoms with Gasteiger partial charge in [-0.3, -0.25) is 0 Å². The van der Waals surface area contributed by atoms with Crippen LogP contribution in [0.5, 0.6) is 0 Å². The molecule has 0 aliphatic heterocycles. The van der Waals surface area contributed by atoms with Crippen LogP contribution < -0.4 is 4.72 Å². The highest BCUT2D eigenvalue weighted by Crippen LogP contribution is 2.55. The highest BCUT2D eigenvalue weighted by molar-refractivity contribution is 7.90. The van der Waals surface area contributed by atoms with Gasteiger partial charge in [0.1, 0.15) is 0 Å². The van der Waals surface area contributed by atoms with Crippen molar-refractivity contribution >= 4 is 10.0 Å². The summed E-state index contributed by atoms with van der Waals surface area (Å²) in [5.41, 5.74) is 0.226. The minimum Gasteiger partial charge on any atom is -0.218 e. The van der Waals surface area contributed by atoms with Crippen LogP contribution in [0.25, 0.3) is 0 Å². The summed E-state index contributed by atoms with van der Waals surface area (Å²) in [5, 5.41) is -0.188. The quantitative estimate of drug-likeness (QED) is 0.765. The summed E-state index contributed by atoms with van der Waals surface area (Å²) in [6.07, 6.45) is 2.74. The Hall–Kier alpha value is -0.0900. The first-order valence-corrected chi connectivity index (χ1v) is 6.82. The first-order chi connectivity index (χ1) is 6.35. The second-order valence-corrected chi connectivity index (χ2v) is 6.98. The highest BCUT2D eigenvalue weighted by atomic mass is 32.2. The second kappa shape index (κ2) is 3.81. The van der Waals surface area contributed by atoms with Crippen molar-refractivity contribution in [3.8, 4) is 0 Å². The number of nitrogens with one attached hydrogen (secondary N) is 1. The summed E-state index contributed by atoms with van der Waals surface area (Å²) in [6.45, 7) is 6.32. The van der Waals surface area contributed by atoms with E-state index in [1.54, 1.807) is 0 Å². The van der Waals surface area contributed by atoms with E-state index in [9.17, 15) is 8.42 Å². The molecule has 2 unspecified atom stereocenters. The van der Waals surface area contributed by atoms with Gasteiger partial charge in [0.05, 0.1) is 5.25 Å². The Morgan fingerprint density at radius 3 is 2.29 bits per heavy atom. The van der Waals surface area contributed by atoms with Gasteiger partial charge in [0.25, 0.3) is 0 Å². The van der Waals surface area contributed by atoms with Crippen LogP contribution in [0.1, 0.15) is 40.0 Å². The molecule has 1 aliphatic carbocycles. The Balaban J connectivity index is 2.77. The zero-order valence-electron chi connectivity index (χ0n) is 9.50. The van der Waals surface area contributed by atoms with Crippen LogP contribution in [0.4, 0.5) is 0 Å². The summed E-state index contributed by atoms with van der Waals surface area (Å²) in [7, 11) is -1.57. The van der Waals surface area contributed by atoms with Crippen molar-refractivity contribution < 1.29 is 8.42 Å². The first kappa shape index (κ1) is 12.0. The van der Waals surface area contributed by atoms with Gasteiger partial charge in [-0.05, 0) is 31.2 Å². The van der Waals surface area contributed by atoms with Crippen LogP contribution in [-0.2, 0) is 10.0 Å². The second-order valence-electron chi connectivity index (χ2n) is 4.88. The molecule has 1 rings (SSSR count). The summed E-state index contributed by atoms with van der Waals surface area (Å²) < 4.78 is 26.0. The molecule has 0 spiro atoms. The van der Waals surface area contributed by atoms with Crippen LogP contribution in [0, 0.1) is 11.3 Å². The van der Waals surface area contributed by atoms with E-state index in [2.05, 4.69) is 18.6 Å².